The van der Waals surface area contributed by atoms with Gasteiger partial charge in [0.05, 0.1) is 5.69 Å². The highest BCUT2D eigenvalue weighted by atomic mass is 19.4. The average molecular weight is 252 g/mol. The Balaban J connectivity index is 2.52. The Hall–Kier alpha value is -1.91. The molecule has 0 spiro atoms. The molecule has 2 rings (SSSR count). The monoisotopic (exact) mass is 252 g/mol. The molecule has 0 fully saturated rings. The predicted octanol–water partition coefficient (Wildman–Crippen LogP) is 3.78. The number of hydrogen-bond acceptors (Lipinski definition) is 2. The standard InChI is InChI=1S/C13H11F3N2/c1-8-3-4-11(17-7-8)10-5-9(2)18-12(6-10)13(14,15)16/h3-7H,1-2H3. The summed E-state index contributed by atoms with van der Waals surface area (Å²) in [6.07, 6.45) is -2.82. The molecule has 0 saturated heterocycles. The van der Waals surface area contributed by atoms with Gasteiger partial charge in [-0.25, -0.2) is 4.98 Å². The van der Waals surface area contributed by atoms with Crippen molar-refractivity contribution in [3.8, 4) is 11.3 Å². The van der Waals surface area contributed by atoms with E-state index in [1.807, 2.05) is 13.0 Å². The number of hydrogen-bond donors (Lipinski definition) is 0. The molecule has 0 bridgehead atoms. The summed E-state index contributed by atoms with van der Waals surface area (Å²) in [6.45, 7) is 3.41. The molecule has 2 nitrogen and oxygen atoms in total. The first-order chi connectivity index (χ1) is 8.36. The predicted molar refractivity (Wildman–Crippen MR) is 61.9 cm³/mol. The van der Waals surface area contributed by atoms with Crippen LogP contribution in [-0.2, 0) is 6.18 Å². The summed E-state index contributed by atoms with van der Waals surface area (Å²) in [5, 5.41) is 0. The summed E-state index contributed by atoms with van der Waals surface area (Å²) >= 11 is 0. The van der Waals surface area contributed by atoms with Crippen molar-refractivity contribution in [1.29, 1.82) is 0 Å². The zero-order chi connectivity index (χ0) is 13.3. The Kier molecular flexibility index (Phi) is 3.07. The fourth-order valence-electron chi connectivity index (χ4n) is 1.60. The molecule has 18 heavy (non-hydrogen) atoms. The summed E-state index contributed by atoms with van der Waals surface area (Å²) in [4.78, 5) is 7.61. The lowest BCUT2D eigenvalue weighted by atomic mass is 10.1. The molecule has 0 aliphatic rings. The first kappa shape index (κ1) is 12.5. The zero-order valence-corrected chi connectivity index (χ0v) is 9.92. The number of nitrogens with zero attached hydrogens (tertiary/aromatic N) is 2. The Morgan fingerprint density at radius 1 is 1.06 bits per heavy atom. The Morgan fingerprint density at radius 2 is 1.78 bits per heavy atom. The van der Waals surface area contributed by atoms with E-state index in [9.17, 15) is 13.2 Å². The number of alkyl halides is 3. The third-order valence-corrected chi connectivity index (χ3v) is 2.45. The second-order valence-electron chi connectivity index (χ2n) is 4.10. The number of aromatic nitrogens is 2. The van der Waals surface area contributed by atoms with Crippen molar-refractivity contribution in [1.82, 2.24) is 9.97 Å². The lowest BCUT2D eigenvalue weighted by Crippen LogP contribution is -2.09. The molecule has 0 atom stereocenters. The van der Waals surface area contributed by atoms with Crippen molar-refractivity contribution in [3.63, 3.8) is 0 Å². The van der Waals surface area contributed by atoms with Crippen molar-refractivity contribution in [2.24, 2.45) is 0 Å². The molecule has 5 heteroatoms. The second-order valence-corrected chi connectivity index (χ2v) is 4.10. The highest BCUT2D eigenvalue weighted by Crippen LogP contribution is 2.30. The van der Waals surface area contributed by atoms with E-state index in [4.69, 9.17) is 0 Å². The van der Waals surface area contributed by atoms with Gasteiger partial charge in [0.15, 0.2) is 0 Å². The van der Waals surface area contributed by atoms with Gasteiger partial charge in [-0.15, -0.1) is 0 Å². The van der Waals surface area contributed by atoms with E-state index < -0.39 is 11.9 Å². The van der Waals surface area contributed by atoms with Gasteiger partial charge in [0.2, 0.25) is 0 Å². The molecule has 2 aromatic rings. The van der Waals surface area contributed by atoms with Crippen LogP contribution < -0.4 is 0 Å². The van der Waals surface area contributed by atoms with Crippen LogP contribution in [0.4, 0.5) is 13.2 Å². The van der Waals surface area contributed by atoms with E-state index in [1.165, 1.54) is 6.92 Å². The molecule has 0 unspecified atom stereocenters. The zero-order valence-electron chi connectivity index (χ0n) is 9.92. The summed E-state index contributed by atoms with van der Waals surface area (Å²) in [7, 11) is 0. The van der Waals surface area contributed by atoms with Crippen molar-refractivity contribution in [3.05, 3.63) is 47.4 Å². The Bertz CT molecular complexity index is 559. The number of aryl methyl sites for hydroxylation is 2. The molecule has 0 radical (unpaired) electrons. The molecule has 0 saturated carbocycles. The number of rotatable bonds is 1. The van der Waals surface area contributed by atoms with Crippen LogP contribution in [0, 0.1) is 13.8 Å². The maximum absolute atomic E-state index is 12.6. The maximum Gasteiger partial charge on any atom is 0.433 e. The summed E-state index contributed by atoms with van der Waals surface area (Å²) in [6, 6.07) is 6.12. The number of pyridine rings is 2. The second kappa shape index (κ2) is 4.40. The lowest BCUT2D eigenvalue weighted by Gasteiger charge is -2.09. The van der Waals surface area contributed by atoms with Crippen LogP contribution in [0.25, 0.3) is 11.3 Å². The minimum Gasteiger partial charge on any atom is -0.256 e. The molecule has 94 valence electrons. The molecule has 0 amide bonds. The molecular weight excluding hydrogens is 241 g/mol. The van der Waals surface area contributed by atoms with Crippen LogP contribution in [0.3, 0.4) is 0 Å². The highest BCUT2D eigenvalue weighted by molar-refractivity contribution is 5.60. The highest BCUT2D eigenvalue weighted by Gasteiger charge is 2.33. The molecule has 0 aliphatic carbocycles. The third kappa shape index (κ3) is 2.67. The molecule has 2 heterocycles. The van der Waals surface area contributed by atoms with Crippen molar-refractivity contribution in [2.75, 3.05) is 0 Å². The molecule has 0 N–H and O–H groups in total. The number of halogens is 3. The van der Waals surface area contributed by atoms with Crippen LogP contribution in [0.5, 0.6) is 0 Å². The summed E-state index contributed by atoms with van der Waals surface area (Å²) in [5.41, 5.74) is 1.33. The normalized spacial score (nSPS) is 11.6. The minimum atomic E-state index is -4.44. The minimum absolute atomic E-state index is 0.321. The van der Waals surface area contributed by atoms with Gasteiger partial charge in [-0.2, -0.15) is 13.2 Å². The van der Waals surface area contributed by atoms with Crippen LogP contribution in [-0.4, -0.2) is 9.97 Å². The third-order valence-electron chi connectivity index (χ3n) is 2.45. The van der Waals surface area contributed by atoms with E-state index in [1.54, 1.807) is 18.3 Å². The van der Waals surface area contributed by atoms with E-state index in [0.717, 1.165) is 11.6 Å². The lowest BCUT2D eigenvalue weighted by molar-refractivity contribution is -0.141. The van der Waals surface area contributed by atoms with Crippen LogP contribution in [0.15, 0.2) is 30.5 Å². The van der Waals surface area contributed by atoms with Crippen molar-refractivity contribution >= 4 is 0 Å². The summed E-state index contributed by atoms with van der Waals surface area (Å²) in [5.74, 6) is 0. The van der Waals surface area contributed by atoms with Gasteiger partial charge >= 0.3 is 6.18 Å². The van der Waals surface area contributed by atoms with Gasteiger partial charge in [-0.1, -0.05) is 6.07 Å². The van der Waals surface area contributed by atoms with E-state index >= 15 is 0 Å². The van der Waals surface area contributed by atoms with Crippen LogP contribution >= 0.6 is 0 Å². The molecule has 2 aromatic heterocycles. The molecule has 0 aliphatic heterocycles. The van der Waals surface area contributed by atoms with Gasteiger partial charge in [-0.05, 0) is 37.6 Å². The quantitative estimate of drug-likeness (QED) is 0.771. The van der Waals surface area contributed by atoms with Crippen molar-refractivity contribution < 1.29 is 13.2 Å². The van der Waals surface area contributed by atoms with Gasteiger partial charge < -0.3 is 0 Å². The average Bonchev–Trinajstić information content (AvgIpc) is 2.28. The fourth-order valence-corrected chi connectivity index (χ4v) is 1.60. The van der Waals surface area contributed by atoms with E-state index in [-0.39, 0.29) is 0 Å². The first-order valence-electron chi connectivity index (χ1n) is 5.35. The largest absolute Gasteiger partial charge is 0.433 e. The van der Waals surface area contributed by atoms with Gasteiger partial charge in [0.25, 0.3) is 0 Å². The van der Waals surface area contributed by atoms with E-state index in [0.29, 0.717) is 17.0 Å². The Morgan fingerprint density at radius 3 is 2.33 bits per heavy atom. The summed E-state index contributed by atoms with van der Waals surface area (Å²) < 4.78 is 37.9. The SMILES string of the molecule is Cc1ccc(-c2cc(C)nc(C(F)(F)F)c2)nc1. The van der Waals surface area contributed by atoms with Crippen LogP contribution in [0.1, 0.15) is 17.0 Å². The topological polar surface area (TPSA) is 25.8 Å². The molecular formula is C13H11F3N2. The van der Waals surface area contributed by atoms with Gasteiger partial charge in [-0.3, -0.25) is 4.98 Å². The maximum atomic E-state index is 12.6. The molecule has 0 aromatic carbocycles. The smallest absolute Gasteiger partial charge is 0.256 e. The van der Waals surface area contributed by atoms with Crippen molar-refractivity contribution in [2.45, 2.75) is 20.0 Å². The Labute approximate surface area is 103 Å². The fraction of sp³-hybridized carbons (Fsp3) is 0.231. The van der Waals surface area contributed by atoms with Gasteiger partial charge in [0.1, 0.15) is 5.69 Å². The van der Waals surface area contributed by atoms with Gasteiger partial charge in [0, 0.05) is 17.5 Å². The van der Waals surface area contributed by atoms with E-state index in [2.05, 4.69) is 9.97 Å². The van der Waals surface area contributed by atoms with Crippen LogP contribution in [0.2, 0.25) is 0 Å². The first-order valence-corrected chi connectivity index (χ1v) is 5.35.